The minimum absolute atomic E-state index is 1.31. The first kappa shape index (κ1) is 5.21. The predicted molar refractivity (Wildman–Crippen MR) is 25.1 cm³/mol. The van der Waals surface area contributed by atoms with Gasteiger partial charge in [-0.25, -0.2) is 0 Å². The van der Waals surface area contributed by atoms with Gasteiger partial charge in [-0.1, -0.05) is 11.2 Å². The summed E-state index contributed by atoms with van der Waals surface area (Å²) in [7, 11) is 0. The predicted octanol–water partition coefficient (Wildman–Crippen LogP) is 1.02. The molecule has 2 heteroatoms. The fourth-order valence-corrected chi connectivity index (χ4v) is 0.125. The van der Waals surface area contributed by atoms with Crippen LogP contribution in [0.3, 0.4) is 0 Å². The molecule has 34 valence electrons. The van der Waals surface area contributed by atoms with E-state index in [1.807, 2.05) is 6.92 Å². The first-order valence-corrected chi connectivity index (χ1v) is 1.70. The maximum Gasteiger partial charge on any atom is 0.0658 e. The molecular weight excluding hydrogens is 78.0 g/mol. The van der Waals surface area contributed by atoms with Gasteiger partial charge in [-0.3, -0.25) is 0 Å². The minimum Gasteiger partial charge on any atom is -0.411 e. The Morgan fingerprint density at radius 3 is 2.50 bits per heavy atom. The second kappa shape index (κ2) is 4.21. The van der Waals surface area contributed by atoms with Gasteiger partial charge in [0.1, 0.15) is 0 Å². The third-order valence-corrected chi connectivity index (χ3v) is 0.345. The Kier molecular flexibility index (Phi) is 3.66. The molecule has 6 heavy (non-hydrogen) atoms. The summed E-state index contributed by atoms with van der Waals surface area (Å²) >= 11 is 0. The van der Waals surface area contributed by atoms with E-state index in [4.69, 9.17) is 5.21 Å². The Morgan fingerprint density at radius 1 is 1.67 bits per heavy atom. The molecule has 0 rings (SSSR count). The number of rotatable bonds is 1. The summed E-state index contributed by atoms with van der Waals surface area (Å²) in [5.41, 5.74) is 0. The van der Waals surface area contributed by atoms with Gasteiger partial charge in [0.25, 0.3) is 0 Å². The molecular formula is C4H7NO. The highest BCUT2D eigenvalue weighted by atomic mass is 16.4. The third-order valence-electron chi connectivity index (χ3n) is 0.345. The number of nitrogens with zero attached hydrogens (tertiary/aromatic N) is 1. The van der Waals surface area contributed by atoms with E-state index in [0.29, 0.717) is 0 Å². The largest absolute Gasteiger partial charge is 0.411 e. The summed E-state index contributed by atoms with van der Waals surface area (Å²) in [6, 6.07) is 0. The molecule has 0 fully saturated rings. The Balaban J connectivity index is 3.07. The molecule has 2 nitrogen and oxygen atoms in total. The Labute approximate surface area is 36.8 Å². The molecule has 1 N–H and O–H groups in total. The van der Waals surface area contributed by atoms with Crippen molar-refractivity contribution in [1.82, 2.24) is 0 Å². The third kappa shape index (κ3) is 3.21. The lowest BCUT2D eigenvalue weighted by Crippen LogP contribution is -1.57. The lowest BCUT2D eigenvalue weighted by molar-refractivity contribution is 0.322. The van der Waals surface area contributed by atoms with E-state index in [-0.39, 0.29) is 0 Å². The SMILES string of the molecule is CC=CC=NO. The van der Waals surface area contributed by atoms with Crippen LogP contribution in [0.4, 0.5) is 0 Å². The zero-order chi connectivity index (χ0) is 4.83. The smallest absolute Gasteiger partial charge is 0.0658 e. The van der Waals surface area contributed by atoms with E-state index >= 15 is 0 Å². The molecule has 0 heterocycles. The van der Waals surface area contributed by atoms with Crippen LogP contribution in [0.1, 0.15) is 6.92 Å². The molecule has 0 spiro atoms. The quantitative estimate of drug-likeness (QED) is 0.288. The molecule has 0 saturated heterocycles. The van der Waals surface area contributed by atoms with Crippen molar-refractivity contribution in [3.8, 4) is 0 Å². The fraction of sp³-hybridized carbons (Fsp3) is 0.250. The molecule has 0 aromatic heterocycles. The molecule has 0 saturated carbocycles. The number of hydrogen-bond acceptors (Lipinski definition) is 2. The molecule has 0 radical (unpaired) electrons. The van der Waals surface area contributed by atoms with Gasteiger partial charge in [-0.2, -0.15) is 0 Å². The zero-order valence-electron chi connectivity index (χ0n) is 3.63. The summed E-state index contributed by atoms with van der Waals surface area (Å²) in [4.78, 5) is 0. The molecule has 0 aromatic carbocycles. The first-order valence-electron chi connectivity index (χ1n) is 1.70. The van der Waals surface area contributed by atoms with Gasteiger partial charge in [0.2, 0.25) is 0 Å². The minimum atomic E-state index is 1.31. The van der Waals surface area contributed by atoms with Crippen molar-refractivity contribution in [3.63, 3.8) is 0 Å². The number of oxime groups is 1. The molecule has 0 amide bonds. The Bertz CT molecular complexity index is 55.9. The van der Waals surface area contributed by atoms with Crippen LogP contribution in [-0.4, -0.2) is 11.4 Å². The van der Waals surface area contributed by atoms with Gasteiger partial charge in [-0.15, -0.1) is 0 Å². The summed E-state index contributed by atoms with van der Waals surface area (Å²) in [5, 5.41) is 10.4. The average molecular weight is 85.1 g/mol. The molecule has 0 bridgehead atoms. The van der Waals surface area contributed by atoms with Crippen molar-refractivity contribution in [2.24, 2.45) is 5.16 Å². The van der Waals surface area contributed by atoms with Gasteiger partial charge < -0.3 is 5.21 Å². The van der Waals surface area contributed by atoms with E-state index in [0.717, 1.165) is 0 Å². The molecule has 0 aromatic rings. The van der Waals surface area contributed by atoms with Crippen molar-refractivity contribution in [2.45, 2.75) is 6.92 Å². The van der Waals surface area contributed by atoms with Crippen molar-refractivity contribution < 1.29 is 5.21 Å². The first-order chi connectivity index (χ1) is 2.91. The van der Waals surface area contributed by atoms with Gasteiger partial charge in [0.15, 0.2) is 0 Å². The van der Waals surface area contributed by atoms with Crippen LogP contribution in [0.25, 0.3) is 0 Å². The summed E-state index contributed by atoms with van der Waals surface area (Å²) in [5.74, 6) is 0. The fourth-order valence-electron chi connectivity index (χ4n) is 0.125. The van der Waals surface area contributed by atoms with Crippen molar-refractivity contribution in [1.29, 1.82) is 0 Å². The van der Waals surface area contributed by atoms with Crippen LogP contribution in [0.15, 0.2) is 17.3 Å². The van der Waals surface area contributed by atoms with Crippen molar-refractivity contribution in [2.75, 3.05) is 0 Å². The second-order valence-corrected chi connectivity index (χ2v) is 0.790. The van der Waals surface area contributed by atoms with Gasteiger partial charge in [0.05, 0.1) is 6.21 Å². The lowest BCUT2D eigenvalue weighted by Gasteiger charge is -1.62. The van der Waals surface area contributed by atoms with Gasteiger partial charge >= 0.3 is 0 Å². The standard InChI is InChI=1S/C4H7NO/c1-2-3-4-5-6/h2-4,6H,1H3. The van der Waals surface area contributed by atoms with Gasteiger partial charge in [-0.05, 0) is 13.0 Å². The summed E-state index contributed by atoms with van der Waals surface area (Å²) in [6.45, 7) is 1.85. The zero-order valence-corrected chi connectivity index (χ0v) is 3.63. The molecule has 0 atom stereocenters. The molecule has 0 aliphatic carbocycles. The van der Waals surface area contributed by atoms with E-state index < -0.39 is 0 Å². The maximum absolute atomic E-state index is 7.72. The average Bonchev–Trinajstić information content (AvgIpc) is 1.61. The second-order valence-electron chi connectivity index (χ2n) is 0.790. The van der Waals surface area contributed by atoms with Crippen molar-refractivity contribution in [3.05, 3.63) is 12.2 Å². The van der Waals surface area contributed by atoms with Crippen LogP contribution in [0, 0.1) is 0 Å². The number of hydrogen-bond donors (Lipinski definition) is 1. The highest BCUT2D eigenvalue weighted by molar-refractivity contribution is 5.69. The maximum atomic E-state index is 7.72. The summed E-state index contributed by atoms with van der Waals surface area (Å²) in [6.07, 6.45) is 4.72. The van der Waals surface area contributed by atoms with Crippen LogP contribution in [0.2, 0.25) is 0 Å². The highest BCUT2D eigenvalue weighted by Gasteiger charge is 1.51. The molecule has 0 aliphatic heterocycles. The Morgan fingerprint density at radius 2 is 2.33 bits per heavy atom. The number of allylic oxidation sites excluding steroid dienone is 2. The van der Waals surface area contributed by atoms with Crippen LogP contribution in [0.5, 0.6) is 0 Å². The topological polar surface area (TPSA) is 32.6 Å². The van der Waals surface area contributed by atoms with E-state index in [9.17, 15) is 0 Å². The van der Waals surface area contributed by atoms with Crippen molar-refractivity contribution >= 4 is 6.21 Å². The monoisotopic (exact) mass is 85.1 g/mol. The lowest BCUT2D eigenvalue weighted by atomic mass is 10.6. The highest BCUT2D eigenvalue weighted by Crippen LogP contribution is 1.60. The summed E-state index contributed by atoms with van der Waals surface area (Å²) < 4.78 is 0. The Hall–Kier alpha value is -0.790. The van der Waals surface area contributed by atoms with E-state index in [1.54, 1.807) is 12.2 Å². The van der Waals surface area contributed by atoms with Crippen LogP contribution in [-0.2, 0) is 0 Å². The normalized spacial score (nSPS) is 11.5. The van der Waals surface area contributed by atoms with Crippen LogP contribution >= 0.6 is 0 Å². The molecule has 0 aliphatic rings. The van der Waals surface area contributed by atoms with Gasteiger partial charge in [0, 0.05) is 0 Å². The molecule has 0 unspecified atom stereocenters. The van der Waals surface area contributed by atoms with Crippen LogP contribution < -0.4 is 0 Å². The van der Waals surface area contributed by atoms with E-state index in [1.165, 1.54) is 6.21 Å². The van der Waals surface area contributed by atoms with E-state index in [2.05, 4.69) is 5.16 Å².